The Kier molecular flexibility index (Phi) is 3.38. The highest BCUT2D eigenvalue weighted by Crippen LogP contribution is 2.20. The lowest BCUT2D eigenvalue weighted by molar-refractivity contribution is 0.905. The van der Waals surface area contributed by atoms with Crippen LogP contribution < -0.4 is 5.73 Å². The highest BCUT2D eigenvalue weighted by Gasteiger charge is 2.10. The van der Waals surface area contributed by atoms with Crippen molar-refractivity contribution in [2.75, 3.05) is 5.73 Å². The maximum atomic E-state index is 6.14. The average molecular weight is 250 g/mol. The summed E-state index contributed by atoms with van der Waals surface area (Å²) in [5.41, 5.74) is 9.20. The van der Waals surface area contributed by atoms with E-state index in [9.17, 15) is 0 Å². The molecule has 0 unspecified atom stereocenters. The second kappa shape index (κ2) is 4.80. The van der Waals surface area contributed by atoms with E-state index in [0.717, 1.165) is 18.5 Å². The van der Waals surface area contributed by atoms with Gasteiger partial charge in [0.25, 0.3) is 0 Å². The Morgan fingerprint density at radius 2 is 2.00 bits per heavy atom. The Bertz CT molecular complexity index is 531. The molecule has 0 aliphatic carbocycles. The first-order valence-corrected chi connectivity index (χ1v) is 5.98. The molecule has 3 nitrogen and oxygen atoms in total. The SMILES string of the molecule is Cc1ccccc1CCc1nc(N)n(C)c1Cl. The minimum Gasteiger partial charge on any atom is -0.369 e. The van der Waals surface area contributed by atoms with Gasteiger partial charge in [-0.3, -0.25) is 0 Å². The summed E-state index contributed by atoms with van der Waals surface area (Å²) in [5, 5.41) is 0.635. The van der Waals surface area contributed by atoms with E-state index in [4.69, 9.17) is 17.3 Å². The molecule has 17 heavy (non-hydrogen) atoms. The molecule has 1 heterocycles. The minimum absolute atomic E-state index is 0.467. The zero-order valence-electron chi connectivity index (χ0n) is 10.1. The Hall–Kier alpha value is -1.48. The van der Waals surface area contributed by atoms with Crippen LogP contribution in [0.5, 0.6) is 0 Å². The lowest BCUT2D eigenvalue weighted by atomic mass is 10.0. The van der Waals surface area contributed by atoms with Crippen molar-refractivity contribution in [3.8, 4) is 0 Å². The van der Waals surface area contributed by atoms with E-state index in [1.807, 2.05) is 13.1 Å². The molecule has 0 saturated carbocycles. The van der Waals surface area contributed by atoms with Crippen molar-refractivity contribution in [3.05, 3.63) is 46.2 Å². The summed E-state index contributed by atoms with van der Waals surface area (Å²) in [6.45, 7) is 2.11. The molecule has 1 aromatic heterocycles. The summed E-state index contributed by atoms with van der Waals surface area (Å²) < 4.78 is 1.70. The maximum Gasteiger partial charge on any atom is 0.201 e. The molecule has 0 atom stereocenters. The first-order valence-electron chi connectivity index (χ1n) is 5.60. The van der Waals surface area contributed by atoms with Crippen LogP contribution in [0.25, 0.3) is 0 Å². The average Bonchev–Trinajstić information content (AvgIpc) is 2.56. The van der Waals surface area contributed by atoms with Gasteiger partial charge in [0.2, 0.25) is 5.95 Å². The Labute approximate surface area is 106 Å². The Balaban J connectivity index is 2.13. The first kappa shape index (κ1) is 12.0. The zero-order valence-corrected chi connectivity index (χ0v) is 10.8. The van der Waals surface area contributed by atoms with Crippen molar-refractivity contribution in [1.82, 2.24) is 9.55 Å². The number of hydrogen-bond donors (Lipinski definition) is 1. The highest BCUT2D eigenvalue weighted by molar-refractivity contribution is 6.30. The molecule has 2 aromatic rings. The normalized spacial score (nSPS) is 10.8. The van der Waals surface area contributed by atoms with Gasteiger partial charge in [-0.25, -0.2) is 4.98 Å². The Morgan fingerprint density at radius 3 is 2.59 bits per heavy atom. The number of nitrogens with two attached hydrogens (primary N) is 1. The quantitative estimate of drug-likeness (QED) is 0.909. The van der Waals surface area contributed by atoms with Crippen LogP contribution >= 0.6 is 11.6 Å². The van der Waals surface area contributed by atoms with Crippen molar-refractivity contribution < 1.29 is 0 Å². The van der Waals surface area contributed by atoms with Gasteiger partial charge in [-0.05, 0) is 30.9 Å². The van der Waals surface area contributed by atoms with Crippen LogP contribution in [-0.4, -0.2) is 9.55 Å². The molecule has 2 rings (SSSR count). The molecular weight excluding hydrogens is 234 g/mol. The fraction of sp³-hybridized carbons (Fsp3) is 0.308. The van der Waals surface area contributed by atoms with E-state index < -0.39 is 0 Å². The number of benzene rings is 1. The molecule has 90 valence electrons. The van der Waals surface area contributed by atoms with Gasteiger partial charge in [-0.1, -0.05) is 35.9 Å². The zero-order chi connectivity index (χ0) is 12.4. The molecule has 0 bridgehead atoms. The number of rotatable bonds is 3. The van der Waals surface area contributed by atoms with E-state index in [2.05, 4.69) is 30.1 Å². The molecule has 0 aliphatic heterocycles. The molecule has 0 saturated heterocycles. The van der Waals surface area contributed by atoms with Crippen LogP contribution in [0.2, 0.25) is 5.15 Å². The number of nitrogens with zero attached hydrogens (tertiary/aromatic N) is 2. The number of halogens is 1. The summed E-state index contributed by atoms with van der Waals surface area (Å²) in [5.74, 6) is 0.467. The topological polar surface area (TPSA) is 43.8 Å². The summed E-state index contributed by atoms with van der Waals surface area (Å²) >= 11 is 6.14. The van der Waals surface area contributed by atoms with Gasteiger partial charge in [0.05, 0.1) is 5.69 Å². The predicted octanol–water partition coefficient (Wildman–Crippen LogP) is 2.75. The molecule has 0 aliphatic rings. The third-order valence-corrected chi connectivity index (χ3v) is 3.49. The number of aryl methyl sites for hydroxylation is 3. The fourth-order valence-electron chi connectivity index (χ4n) is 1.86. The molecule has 0 fully saturated rings. The second-order valence-electron chi connectivity index (χ2n) is 4.19. The smallest absolute Gasteiger partial charge is 0.201 e. The van der Waals surface area contributed by atoms with E-state index >= 15 is 0 Å². The number of imidazole rings is 1. The summed E-state index contributed by atoms with van der Waals surface area (Å²) in [6, 6.07) is 8.35. The van der Waals surface area contributed by atoms with Crippen molar-refractivity contribution in [2.24, 2.45) is 7.05 Å². The van der Waals surface area contributed by atoms with Crippen LogP contribution in [0.1, 0.15) is 16.8 Å². The molecule has 0 amide bonds. The predicted molar refractivity (Wildman–Crippen MR) is 71.2 cm³/mol. The fourth-order valence-corrected chi connectivity index (χ4v) is 2.08. The van der Waals surface area contributed by atoms with Gasteiger partial charge in [-0.15, -0.1) is 0 Å². The highest BCUT2D eigenvalue weighted by atomic mass is 35.5. The Morgan fingerprint density at radius 1 is 1.29 bits per heavy atom. The van der Waals surface area contributed by atoms with Crippen LogP contribution in [0, 0.1) is 6.92 Å². The van der Waals surface area contributed by atoms with Gasteiger partial charge >= 0.3 is 0 Å². The standard InChI is InChI=1S/C13H16ClN3/c1-9-5-3-4-6-10(9)7-8-11-12(14)17(2)13(15)16-11/h3-6H,7-8H2,1-2H3,(H2,15,16). The van der Waals surface area contributed by atoms with Gasteiger partial charge in [-0.2, -0.15) is 0 Å². The lowest BCUT2D eigenvalue weighted by Crippen LogP contribution is -1.96. The van der Waals surface area contributed by atoms with E-state index in [0.29, 0.717) is 11.1 Å². The van der Waals surface area contributed by atoms with Crippen molar-refractivity contribution in [1.29, 1.82) is 0 Å². The van der Waals surface area contributed by atoms with E-state index in [1.54, 1.807) is 4.57 Å². The molecule has 0 spiro atoms. The van der Waals surface area contributed by atoms with Crippen LogP contribution in [0.3, 0.4) is 0 Å². The van der Waals surface area contributed by atoms with E-state index in [1.165, 1.54) is 11.1 Å². The van der Waals surface area contributed by atoms with Gasteiger partial charge in [0.1, 0.15) is 5.15 Å². The molecule has 4 heteroatoms. The van der Waals surface area contributed by atoms with Gasteiger partial charge in [0.15, 0.2) is 0 Å². The van der Waals surface area contributed by atoms with Gasteiger partial charge in [0, 0.05) is 7.05 Å². The second-order valence-corrected chi connectivity index (χ2v) is 4.55. The van der Waals surface area contributed by atoms with Gasteiger partial charge < -0.3 is 10.3 Å². The monoisotopic (exact) mass is 249 g/mol. The van der Waals surface area contributed by atoms with E-state index in [-0.39, 0.29) is 0 Å². The number of anilines is 1. The van der Waals surface area contributed by atoms with Crippen LogP contribution in [-0.2, 0) is 19.9 Å². The summed E-state index contributed by atoms with van der Waals surface area (Å²) in [6.07, 6.45) is 1.75. The third-order valence-electron chi connectivity index (χ3n) is 3.02. The number of aromatic nitrogens is 2. The summed E-state index contributed by atoms with van der Waals surface area (Å²) in [7, 11) is 1.82. The molecule has 0 radical (unpaired) electrons. The number of nitrogen functional groups attached to an aromatic ring is 1. The van der Waals surface area contributed by atoms with Crippen LogP contribution in [0.15, 0.2) is 24.3 Å². The van der Waals surface area contributed by atoms with Crippen molar-refractivity contribution in [2.45, 2.75) is 19.8 Å². The maximum absolute atomic E-state index is 6.14. The molecule has 1 aromatic carbocycles. The lowest BCUT2D eigenvalue weighted by Gasteiger charge is -2.04. The third kappa shape index (κ3) is 2.44. The molecule has 2 N–H and O–H groups in total. The van der Waals surface area contributed by atoms with Crippen molar-refractivity contribution in [3.63, 3.8) is 0 Å². The van der Waals surface area contributed by atoms with Crippen molar-refractivity contribution >= 4 is 17.5 Å². The first-order chi connectivity index (χ1) is 8.09. The molecular formula is C13H16ClN3. The largest absolute Gasteiger partial charge is 0.369 e. The summed E-state index contributed by atoms with van der Waals surface area (Å²) in [4.78, 5) is 4.26. The number of hydrogen-bond acceptors (Lipinski definition) is 2. The van der Waals surface area contributed by atoms with Crippen LogP contribution in [0.4, 0.5) is 5.95 Å². The minimum atomic E-state index is 0.467.